The Balaban J connectivity index is 3.50. The normalized spacial score (nSPS) is 11.1. The molecule has 1 aromatic heterocycles. The lowest BCUT2D eigenvalue weighted by Gasteiger charge is -2.07. The van der Waals surface area contributed by atoms with Crippen molar-refractivity contribution in [2.24, 2.45) is 14.1 Å². The summed E-state index contributed by atoms with van der Waals surface area (Å²) in [5.74, 6) is 0. The molecule has 0 amide bonds. The van der Waals surface area contributed by atoms with Crippen LogP contribution in [0.3, 0.4) is 0 Å². The zero-order chi connectivity index (χ0) is 13.2. The molecular weight excluding hydrogens is 248 g/mol. The Morgan fingerprint density at radius 1 is 1.41 bits per heavy atom. The maximum absolute atomic E-state index is 11.6. The predicted molar refractivity (Wildman–Crippen MR) is 57.7 cm³/mol. The Hall–Kier alpha value is -1.92. The zero-order valence-corrected chi connectivity index (χ0v) is 9.98. The summed E-state index contributed by atoms with van der Waals surface area (Å²) in [5.41, 5.74) is -1.56. The molecule has 0 atom stereocenters. The molecule has 0 saturated heterocycles. The molecule has 0 fully saturated rings. The number of aryl methyl sites for hydroxylation is 1. The Labute approximate surface area is 96.8 Å². The molecule has 8 nitrogen and oxygen atoms in total. The van der Waals surface area contributed by atoms with Gasteiger partial charge in [-0.2, -0.15) is 9.98 Å². The molecular formula is C8H10N4O4S. The van der Waals surface area contributed by atoms with Crippen LogP contribution in [0.25, 0.3) is 0 Å². The zero-order valence-electron chi connectivity index (χ0n) is 9.17. The van der Waals surface area contributed by atoms with Crippen LogP contribution in [0, 0.1) is 11.3 Å². The Morgan fingerprint density at radius 2 is 2.00 bits per heavy atom. The first-order valence-corrected chi connectivity index (χ1v) is 5.93. The molecule has 0 saturated carbocycles. The topological polar surface area (TPSA) is 114 Å². The van der Waals surface area contributed by atoms with Crippen molar-refractivity contribution in [2.45, 2.75) is 4.90 Å². The van der Waals surface area contributed by atoms with Gasteiger partial charge in [-0.3, -0.25) is 9.36 Å². The molecule has 0 radical (unpaired) electrons. The number of nitrogens with one attached hydrogen (secondary N) is 1. The lowest BCUT2D eigenvalue weighted by molar-refractivity contribution is 0.575. The molecule has 1 heterocycles. The van der Waals surface area contributed by atoms with Crippen LogP contribution in [-0.4, -0.2) is 24.1 Å². The summed E-state index contributed by atoms with van der Waals surface area (Å²) in [6.45, 7) is -0.450. The molecule has 92 valence electrons. The van der Waals surface area contributed by atoms with Crippen molar-refractivity contribution in [2.75, 3.05) is 6.54 Å². The van der Waals surface area contributed by atoms with Crippen molar-refractivity contribution < 1.29 is 8.42 Å². The average molecular weight is 258 g/mol. The quantitative estimate of drug-likeness (QED) is 0.623. The average Bonchev–Trinajstić information content (AvgIpc) is 2.28. The van der Waals surface area contributed by atoms with Gasteiger partial charge >= 0.3 is 5.69 Å². The van der Waals surface area contributed by atoms with E-state index < -0.39 is 32.7 Å². The second-order valence-electron chi connectivity index (χ2n) is 3.23. The Bertz CT molecular complexity index is 692. The van der Waals surface area contributed by atoms with Crippen LogP contribution in [0.1, 0.15) is 0 Å². The van der Waals surface area contributed by atoms with Crippen molar-refractivity contribution in [3.63, 3.8) is 0 Å². The third-order valence-electron chi connectivity index (χ3n) is 2.05. The second-order valence-corrected chi connectivity index (χ2v) is 4.97. The highest BCUT2D eigenvalue weighted by Gasteiger charge is 2.20. The van der Waals surface area contributed by atoms with E-state index >= 15 is 0 Å². The van der Waals surface area contributed by atoms with Crippen molar-refractivity contribution in [1.82, 2.24) is 13.9 Å². The van der Waals surface area contributed by atoms with Crippen LogP contribution >= 0.6 is 0 Å². The minimum absolute atomic E-state index is 0.450. The first kappa shape index (κ1) is 13.1. The SMILES string of the molecule is Cn1cc(S(=O)(=O)NCC#N)c(=O)n(C)c1=O. The van der Waals surface area contributed by atoms with Crippen molar-refractivity contribution >= 4 is 10.0 Å². The summed E-state index contributed by atoms with van der Waals surface area (Å²) < 4.78 is 26.9. The van der Waals surface area contributed by atoms with E-state index in [9.17, 15) is 18.0 Å². The number of nitriles is 1. The summed E-state index contributed by atoms with van der Waals surface area (Å²) in [6, 6.07) is 1.59. The van der Waals surface area contributed by atoms with Gasteiger partial charge in [0.25, 0.3) is 5.56 Å². The van der Waals surface area contributed by atoms with Crippen LogP contribution in [-0.2, 0) is 24.1 Å². The summed E-state index contributed by atoms with van der Waals surface area (Å²) in [6.07, 6.45) is 0.921. The number of hydrogen-bond acceptors (Lipinski definition) is 5. The number of hydrogen-bond donors (Lipinski definition) is 1. The molecule has 1 rings (SSSR count). The standard InChI is InChI=1S/C8H10N4O4S/c1-11-5-6(7(13)12(2)8(11)14)17(15,16)10-4-3-9/h5,10H,4H2,1-2H3. The summed E-state index contributed by atoms with van der Waals surface area (Å²) in [5, 5.41) is 8.28. The second kappa shape index (κ2) is 4.52. The first-order valence-electron chi connectivity index (χ1n) is 4.44. The maximum atomic E-state index is 11.6. The van der Waals surface area contributed by atoms with Crippen molar-refractivity contribution in [3.8, 4) is 6.07 Å². The molecule has 1 N–H and O–H groups in total. The fourth-order valence-electron chi connectivity index (χ4n) is 1.16. The van der Waals surface area contributed by atoms with E-state index in [2.05, 4.69) is 0 Å². The first-order chi connectivity index (χ1) is 7.81. The smallest absolute Gasteiger partial charge is 0.302 e. The highest BCUT2D eigenvalue weighted by Crippen LogP contribution is 1.98. The molecule has 1 aromatic rings. The Kier molecular flexibility index (Phi) is 3.50. The molecule has 0 unspecified atom stereocenters. The fourth-order valence-corrected chi connectivity index (χ4v) is 2.24. The maximum Gasteiger partial charge on any atom is 0.330 e. The largest absolute Gasteiger partial charge is 0.330 e. The number of nitrogens with zero attached hydrogens (tertiary/aromatic N) is 3. The molecule has 0 spiro atoms. The van der Waals surface area contributed by atoms with E-state index in [4.69, 9.17) is 5.26 Å². The van der Waals surface area contributed by atoms with E-state index in [1.54, 1.807) is 6.07 Å². The van der Waals surface area contributed by atoms with Crippen molar-refractivity contribution in [1.29, 1.82) is 5.26 Å². The summed E-state index contributed by atoms with van der Waals surface area (Å²) in [7, 11) is -1.58. The molecule has 0 bridgehead atoms. The third-order valence-corrected chi connectivity index (χ3v) is 3.43. The van der Waals surface area contributed by atoms with E-state index in [1.807, 2.05) is 4.72 Å². The lowest BCUT2D eigenvalue weighted by Crippen LogP contribution is -2.41. The summed E-state index contributed by atoms with van der Waals surface area (Å²) in [4.78, 5) is 22.4. The molecule has 0 aromatic carbocycles. The summed E-state index contributed by atoms with van der Waals surface area (Å²) >= 11 is 0. The molecule has 9 heteroatoms. The van der Waals surface area contributed by atoms with Gasteiger partial charge in [0.05, 0.1) is 12.6 Å². The van der Waals surface area contributed by atoms with E-state index in [0.717, 1.165) is 10.8 Å². The van der Waals surface area contributed by atoms with Crippen LogP contribution in [0.2, 0.25) is 0 Å². The van der Waals surface area contributed by atoms with E-state index in [1.165, 1.54) is 14.1 Å². The molecule has 0 aliphatic rings. The van der Waals surface area contributed by atoms with Gasteiger partial charge in [0, 0.05) is 20.3 Å². The van der Waals surface area contributed by atoms with Crippen LogP contribution in [0.15, 0.2) is 20.7 Å². The van der Waals surface area contributed by atoms with Crippen LogP contribution in [0.5, 0.6) is 0 Å². The number of sulfonamides is 1. The number of aromatic nitrogens is 2. The highest BCUT2D eigenvalue weighted by molar-refractivity contribution is 7.89. The van der Waals surface area contributed by atoms with Gasteiger partial charge in [-0.1, -0.05) is 0 Å². The fraction of sp³-hybridized carbons (Fsp3) is 0.375. The van der Waals surface area contributed by atoms with Gasteiger partial charge in [-0.15, -0.1) is 0 Å². The van der Waals surface area contributed by atoms with E-state index in [0.29, 0.717) is 4.57 Å². The minimum Gasteiger partial charge on any atom is -0.302 e. The van der Waals surface area contributed by atoms with Crippen LogP contribution < -0.4 is 16.0 Å². The third kappa shape index (κ3) is 2.43. The molecule has 17 heavy (non-hydrogen) atoms. The van der Waals surface area contributed by atoms with Gasteiger partial charge < -0.3 is 4.57 Å². The predicted octanol–water partition coefficient (Wildman–Crippen LogP) is -2.11. The van der Waals surface area contributed by atoms with Gasteiger partial charge in [0.15, 0.2) is 4.90 Å². The van der Waals surface area contributed by atoms with Crippen molar-refractivity contribution in [3.05, 3.63) is 27.0 Å². The monoisotopic (exact) mass is 258 g/mol. The van der Waals surface area contributed by atoms with Crippen LogP contribution in [0.4, 0.5) is 0 Å². The van der Waals surface area contributed by atoms with Gasteiger partial charge in [0.1, 0.15) is 0 Å². The van der Waals surface area contributed by atoms with Gasteiger partial charge in [-0.25, -0.2) is 13.2 Å². The molecule has 0 aliphatic carbocycles. The Morgan fingerprint density at radius 3 is 2.53 bits per heavy atom. The van der Waals surface area contributed by atoms with Gasteiger partial charge in [0.2, 0.25) is 10.0 Å². The minimum atomic E-state index is -4.08. The highest BCUT2D eigenvalue weighted by atomic mass is 32.2. The number of rotatable bonds is 3. The molecule has 0 aliphatic heterocycles. The lowest BCUT2D eigenvalue weighted by atomic mass is 10.6. The van der Waals surface area contributed by atoms with Gasteiger partial charge in [-0.05, 0) is 0 Å². The van der Waals surface area contributed by atoms with E-state index in [-0.39, 0.29) is 0 Å².